The quantitative estimate of drug-likeness (QED) is 0.646. The minimum Gasteiger partial charge on any atom is -0.340 e. The second-order valence-electron chi connectivity index (χ2n) is 4.89. The molecule has 0 radical (unpaired) electrons. The van der Waals surface area contributed by atoms with Gasteiger partial charge in [-0.2, -0.15) is 0 Å². The van der Waals surface area contributed by atoms with Gasteiger partial charge in [-0.25, -0.2) is 0 Å². The number of nitro groups is 1. The van der Waals surface area contributed by atoms with Crippen molar-refractivity contribution in [3.63, 3.8) is 0 Å². The molecular formula is C13H19N3O3. The number of carbonyl (C=O) groups excluding carboxylic acids is 1. The molecule has 1 rings (SSSR count). The van der Waals surface area contributed by atoms with E-state index < -0.39 is 11.0 Å². The van der Waals surface area contributed by atoms with Crippen LogP contribution < -0.4 is 5.73 Å². The molecule has 6 nitrogen and oxygen atoms in total. The predicted octanol–water partition coefficient (Wildman–Crippen LogP) is 1.54. The highest BCUT2D eigenvalue weighted by Crippen LogP contribution is 2.13. The van der Waals surface area contributed by atoms with Crippen molar-refractivity contribution in [3.05, 3.63) is 39.9 Å². The van der Waals surface area contributed by atoms with Gasteiger partial charge in [0.15, 0.2) is 0 Å². The van der Waals surface area contributed by atoms with Gasteiger partial charge in [0, 0.05) is 25.7 Å². The molecule has 0 fully saturated rings. The molecule has 1 atom stereocenters. The second kappa shape index (κ2) is 6.29. The summed E-state index contributed by atoms with van der Waals surface area (Å²) in [6.07, 6.45) is 0. The zero-order valence-corrected chi connectivity index (χ0v) is 11.4. The molecule has 104 valence electrons. The molecule has 0 aliphatic heterocycles. The van der Waals surface area contributed by atoms with Crippen LogP contribution in [0.2, 0.25) is 0 Å². The lowest BCUT2D eigenvalue weighted by Crippen LogP contribution is -2.44. The first-order valence-electron chi connectivity index (χ1n) is 6.06. The number of nitro benzene ring substituents is 1. The summed E-state index contributed by atoms with van der Waals surface area (Å²) in [5, 5.41) is 10.5. The van der Waals surface area contributed by atoms with Gasteiger partial charge in [0.1, 0.15) is 0 Å². The SMILES string of the molecule is CC(C)[C@H](N)C(=O)N(C)Cc1ccc([N+](=O)[O-])cc1. The molecule has 1 amide bonds. The number of rotatable bonds is 5. The highest BCUT2D eigenvalue weighted by molar-refractivity contribution is 5.81. The van der Waals surface area contributed by atoms with Gasteiger partial charge in [0.2, 0.25) is 5.91 Å². The van der Waals surface area contributed by atoms with Crippen LogP contribution >= 0.6 is 0 Å². The third-order valence-corrected chi connectivity index (χ3v) is 2.95. The van der Waals surface area contributed by atoms with Crippen LogP contribution in [0.15, 0.2) is 24.3 Å². The average Bonchev–Trinajstić information content (AvgIpc) is 2.37. The van der Waals surface area contributed by atoms with E-state index in [0.717, 1.165) is 5.56 Å². The normalized spacial score (nSPS) is 12.3. The van der Waals surface area contributed by atoms with Gasteiger partial charge in [-0.05, 0) is 11.5 Å². The first-order valence-corrected chi connectivity index (χ1v) is 6.06. The maximum absolute atomic E-state index is 12.0. The van der Waals surface area contributed by atoms with E-state index in [-0.39, 0.29) is 17.5 Å². The van der Waals surface area contributed by atoms with Crippen molar-refractivity contribution in [2.24, 2.45) is 11.7 Å². The molecule has 0 bridgehead atoms. The Morgan fingerprint density at radius 1 is 1.37 bits per heavy atom. The van der Waals surface area contributed by atoms with Gasteiger partial charge in [0.25, 0.3) is 5.69 Å². The Bertz CT molecular complexity index is 457. The number of carbonyl (C=O) groups is 1. The minimum absolute atomic E-state index is 0.0385. The molecule has 1 aromatic carbocycles. The molecule has 19 heavy (non-hydrogen) atoms. The van der Waals surface area contributed by atoms with Crippen molar-refractivity contribution in [2.45, 2.75) is 26.4 Å². The Labute approximate surface area is 112 Å². The summed E-state index contributed by atoms with van der Waals surface area (Å²) in [7, 11) is 1.67. The molecule has 0 saturated heterocycles. The fraction of sp³-hybridized carbons (Fsp3) is 0.462. The summed E-state index contributed by atoms with van der Waals surface area (Å²) < 4.78 is 0. The summed E-state index contributed by atoms with van der Waals surface area (Å²) in [6.45, 7) is 4.17. The highest BCUT2D eigenvalue weighted by atomic mass is 16.6. The molecule has 0 aliphatic carbocycles. The maximum Gasteiger partial charge on any atom is 0.269 e. The van der Waals surface area contributed by atoms with Crippen LogP contribution in [0.25, 0.3) is 0 Å². The Morgan fingerprint density at radius 2 is 1.89 bits per heavy atom. The monoisotopic (exact) mass is 265 g/mol. The molecule has 6 heteroatoms. The van der Waals surface area contributed by atoms with Crippen molar-refractivity contribution >= 4 is 11.6 Å². The molecule has 0 spiro atoms. The lowest BCUT2D eigenvalue weighted by atomic mass is 10.0. The maximum atomic E-state index is 12.0. The Hall–Kier alpha value is -1.95. The smallest absolute Gasteiger partial charge is 0.269 e. The van der Waals surface area contributed by atoms with Crippen LogP contribution in [0, 0.1) is 16.0 Å². The van der Waals surface area contributed by atoms with Crippen molar-refractivity contribution in [3.8, 4) is 0 Å². The number of nitrogens with zero attached hydrogens (tertiary/aromatic N) is 2. The van der Waals surface area contributed by atoms with Crippen molar-refractivity contribution in [2.75, 3.05) is 7.05 Å². The van der Waals surface area contributed by atoms with Crippen LogP contribution in [-0.2, 0) is 11.3 Å². The lowest BCUT2D eigenvalue weighted by molar-refractivity contribution is -0.384. The molecule has 0 heterocycles. The summed E-state index contributed by atoms with van der Waals surface area (Å²) in [5.41, 5.74) is 6.67. The Morgan fingerprint density at radius 3 is 2.32 bits per heavy atom. The van der Waals surface area contributed by atoms with E-state index in [1.807, 2.05) is 13.8 Å². The number of non-ortho nitro benzene ring substituents is 1. The molecule has 0 aliphatic rings. The van der Waals surface area contributed by atoms with Gasteiger partial charge in [-0.3, -0.25) is 14.9 Å². The van der Waals surface area contributed by atoms with Crippen LogP contribution in [-0.4, -0.2) is 28.8 Å². The molecule has 0 unspecified atom stereocenters. The van der Waals surface area contributed by atoms with Gasteiger partial charge in [-0.15, -0.1) is 0 Å². The van der Waals surface area contributed by atoms with E-state index in [0.29, 0.717) is 6.54 Å². The van der Waals surface area contributed by atoms with Gasteiger partial charge < -0.3 is 10.6 Å². The number of nitrogens with two attached hydrogens (primary N) is 1. The van der Waals surface area contributed by atoms with Gasteiger partial charge in [-0.1, -0.05) is 26.0 Å². The lowest BCUT2D eigenvalue weighted by Gasteiger charge is -2.23. The third kappa shape index (κ3) is 4.03. The predicted molar refractivity (Wildman–Crippen MR) is 72.4 cm³/mol. The zero-order chi connectivity index (χ0) is 14.6. The van der Waals surface area contributed by atoms with Crippen LogP contribution in [0.4, 0.5) is 5.69 Å². The summed E-state index contributed by atoms with van der Waals surface area (Å²) >= 11 is 0. The number of hydrogen-bond donors (Lipinski definition) is 1. The van der Waals surface area contributed by atoms with Gasteiger partial charge in [0.05, 0.1) is 11.0 Å². The van der Waals surface area contributed by atoms with Crippen molar-refractivity contribution in [1.82, 2.24) is 4.90 Å². The van der Waals surface area contributed by atoms with E-state index in [9.17, 15) is 14.9 Å². The van der Waals surface area contributed by atoms with Crippen LogP contribution in [0.5, 0.6) is 0 Å². The largest absolute Gasteiger partial charge is 0.340 e. The first kappa shape index (κ1) is 15.1. The zero-order valence-electron chi connectivity index (χ0n) is 11.4. The van der Waals surface area contributed by atoms with Crippen LogP contribution in [0.1, 0.15) is 19.4 Å². The number of hydrogen-bond acceptors (Lipinski definition) is 4. The number of amides is 1. The highest BCUT2D eigenvalue weighted by Gasteiger charge is 2.21. The molecule has 2 N–H and O–H groups in total. The number of likely N-dealkylation sites (N-methyl/N-ethyl adjacent to an activating group) is 1. The molecule has 1 aromatic rings. The fourth-order valence-corrected chi connectivity index (χ4v) is 1.61. The summed E-state index contributed by atoms with van der Waals surface area (Å²) in [5.74, 6) is -0.0554. The van der Waals surface area contributed by atoms with E-state index in [4.69, 9.17) is 5.73 Å². The molecule has 0 aromatic heterocycles. The number of benzene rings is 1. The standard InChI is InChI=1S/C13H19N3O3/c1-9(2)12(14)13(17)15(3)8-10-4-6-11(7-5-10)16(18)19/h4-7,9,12H,8,14H2,1-3H3/t12-/m0/s1. The van der Waals surface area contributed by atoms with Gasteiger partial charge >= 0.3 is 0 Å². The first-order chi connectivity index (χ1) is 8.82. The summed E-state index contributed by atoms with van der Waals surface area (Å²) in [6, 6.07) is 5.61. The van der Waals surface area contributed by atoms with Crippen molar-refractivity contribution in [1.29, 1.82) is 0 Å². The Kier molecular flexibility index (Phi) is 5.00. The second-order valence-corrected chi connectivity index (χ2v) is 4.89. The molecular weight excluding hydrogens is 246 g/mol. The van der Waals surface area contributed by atoms with Crippen molar-refractivity contribution < 1.29 is 9.72 Å². The van der Waals surface area contributed by atoms with E-state index in [1.165, 1.54) is 17.0 Å². The van der Waals surface area contributed by atoms with E-state index >= 15 is 0 Å². The molecule has 0 saturated carbocycles. The minimum atomic E-state index is -0.525. The fourth-order valence-electron chi connectivity index (χ4n) is 1.61. The average molecular weight is 265 g/mol. The van der Waals surface area contributed by atoms with Crippen LogP contribution in [0.3, 0.4) is 0 Å². The van der Waals surface area contributed by atoms with E-state index in [1.54, 1.807) is 19.2 Å². The topological polar surface area (TPSA) is 89.5 Å². The Balaban J connectivity index is 2.69. The summed E-state index contributed by atoms with van der Waals surface area (Å²) in [4.78, 5) is 23.6. The van der Waals surface area contributed by atoms with E-state index in [2.05, 4.69) is 0 Å². The third-order valence-electron chi connectivity index (χ3n) is 2.95.